The molecule has 0 unspecified atom stereocenters. The molecule has 1 N–H and O–H groups in total. The van der Waals surface area contributed by atoms with E-state index in [1.165, 1.54) is 0 Å². The quantitative estimate of drug-likeness (QED) is 0.801. The van der Waals surface area contributed by atoms with E-state index in [1.807, 2.05) is 45.2 Å². The molecule has 3 aromatic rings. The van der Waals surface area contributed by atoms with Crippen LogP contribution in [0.2, 0.25) is 0 Å². The van der Waals surface area contributed by atoms with Gasteiger partial charge in [0.2, 0.25) is 0 Å². The third-order valence-electron chi connectivity index (χ3n) is 4.02. The Bertz CT molecular complexity index is 870. The second kappa shape index (κ2) is 6.62. The molecule has 0 fully saturated rings. The van der Waals surface area contributed by atoms with Gasteiger partial charge >= 0.3 is 0 Å². The zero-order chi connectivity index (χ0) is 17.1. The Kier molecular flexibility index (Phi) is 4.37. The largest absolute Gasteiger partial charge is 0.348 e. The summed E-state index contributed by atoms with van der Waals surface area (Å²) in [5.41, 5.74) is 4.99. The Labute approximate surface area is 140 Å². The number of amides is 1. The van der Waals surface area contributed by atoms with Gasteiger partial charge in [-0.1, -0.05) is 6.07 Å². The number of aryl methyl sites for hydroxylation is 2. The van der Waals surface area contributed by atoms with Crippen molar-refractivity contribution in [1.82, 2.24) is 25.1 Å². The van der Waals surface area contributed by atoms with Crippen molar-refractivity contribution >= 4 is 5.91 Å². The molecule has 24 heavy (non-hydrogen) atoms. The topological polar surface area (TPSA) is 72.7 Å². The maximum absolute atomic E-state index is 12.5. The van der Waals surface area contributed by atoms with Crippen LogP contribution >= 0.6 is 0 Å². The second-order valence-electron chi connectivity index (χ2n) is 5.60. The van der Waals surface area contributed by atoms with E-state index in [2.05, 4.69) is 20.4 Å². The zero-order valence-corrected chi connectivity index (χ0v) is 13.9. The van der Waals surface area contributed by atoms with E-state index in [-0.39, 0.29) is 5.91 Å². The zero-order valence-electron chi connectivity index (χ0n) is 13.9. The van der Waals surface area contributed by atoms with Gasteiger partial charge in [0.25, 0.3) is 5.91 Å². The maximum Gasteiger partial charge on any atom is 0.255 e. The van der Waals surface area contributed by atoms with E-state index in [4.69, 9.17) is 0 Å². The lowest BCUT2D eigenvalue weighted by molar-refractivity contribution is 0.0949. The summed E-state index contributed by atoms with van der Waals surface area (Å²) in [6.45, 7) is 4.13. The number of nitrogens with one attached hydrogen (secondary N) is 1. The fourth-order valence-electron chi connectivity index (χ4n) is 2.72. The third-order valence-corrected chi connectivity index (χ3v) is 4.02. The molecule has 3 rings (SSSR count). The molecule has 0 aliphatic heterocycles. The van der Waals surface area contributed by atoms with E-state index < -0.39 is 0 Å². The van der Waals surface area contributed by atoms with Crippen molar-refractivity contribution in [2.45, 2.75) is 20.4 Å². The van der Waals surface area contributed by atoms with E-state index >= 15 is 0 Å². The van der Waals surface area contributed by atoms with Crippen LogP contribution < -0.4 is 5.32 Å². The van der Waals surface area contributed by atoms with E-state index in [0.717, 1.165) is 28.2 Å². The summed E-state index contributed by atoms with van der Waals surface area (Å²) in [4.78, 5) is 21.0. The Hall–Kier alpha value is -3.02. The number of aromatic nitrogens is 4. The second-order valence-corrected chi connectivity index (χ2v) is 5.60. The molecule has 3 aromatic heterocycles. The Morgan fingerprint density at radius 1 is 1.17 bits per heavy atom. The Morgan fingerprint density at radius 3 is 2.58 bits per heavy atom. The molecular weight excluding hydrogens is 302 g/mol. The molecule has 122 valence electrons. The predicted molar refractivity (Wildman–Crippen MR) is 91.3 cm³/mol. The van der Waals surface area contributed by atoms with Crippen LogP contribution in [0.3, 0.4) is 0 Å². The van der Waals surface area contributed by atoms with Crippen LogP contribution in [0.15, 0.2) is 42.9 Å². The molecule has 0 bridgehead atoms. The molecule has 6 heteroatoms. The minimum absolute atomic E-state index is 0.123. The molecule has 3 heterocycles. The highest BCUT2D eigenvalue weighted by molar-refractivity contribution is 5.96. The average molecular weight is 321 g/mol. The highest BCUT2D eigenvalue weighted by Crippen LogP contribution is 2.20. The number of nitrogens with zero attached hydrogens (tertiary/aromatic N) is 4. The Morgan fingerprint density at radius 2 is 1.92 bits per heavy atom. The molecule has 6 nitrogen and oxygen atoms in total. The number of carbonyl (C=O) groups is 1. The van der Waals surface area contributed by atoms with Crippen molar-refractivity contribution < 1.29 is 4.79 Å². The van der Waals surface area contributed by atoms with Gasteiger partial charge in [0.15, 0.2) is 0 Å². The summed E-state index contributed by atoms with van der Waals surface area (Å²) < 4.78 is 1.72. The highest BCUT2D eigenvalue weighted by atomic mass is 16.1. The molecule has 0 saturated heterocycles. The number of pyridine rings is 2. The average Bonchev–Trinajstić information content (AvgIpc) is 2.86. The number of carbonyl (C=O) groups excluding carboxylic acids is 1. The third kappa shape index (κ3) is 3.03. The summed E-state index contributed by atoms with van der Waals surface area (Å²) in [6.07, 6.45) is 5.21. The number of hydrogen-bond acceptors (Lipinski definition) is 4. The van der Waals surface area contributed by atoms with Crippen LogP contribution in [-0.4, -0.2) is 25.7 Å². The van der Waals surface area contributed by atoms with Crippen LogP contribution in [-0.2, 0) is 13.6 Å². The van der Waals surface area contributed by atoms with Gasteiger partial charge in [-0.2, -0.15) is 5.10 Å². The molecule has 0 aliphatic rings. The van der Waals surface area contributed by atoms with Gasteiger partial charge < -0.3 is 5.32 Å². The summed E-state index contributed by atoms with van der Waals surface area (Å²) in [7, 11) is 1.84. The van der Waals surface area contributed by atoms with Crippen molar-refractivity contribution in [3.05, 3.63) is 65.4 Å². The van der Waals surface area contributed by atoms with Crippen LogP contribution in [0.5, 0.6) is 0 Å². The predicted octanol–water partition coefficient (Wildman–Crippen LogP) is 2.42. The lowest BCUT2D eigenvalue weighted by Gasteiger charge is -2.10. The molecule has 1 amide bonds. The minimum atomic E-state index is -0.123. The van der Waals surface area contributed by atoms with Gasteiger partial charge in [-0.05, 0) is 37.6 Å². The van der Waals surface area contributed by atoms with Gasteiger partial charge in [0.1, 0.15) is 0 Å². The molecular formula is C18H19N5O. The fraction of sp³-hybridized carbons (Fsp3) is 0.222. The van der Waals surface area contributed by atoms with Crippen molar-refractivity contribution in [2.75, 3.05) is 0 Å². The monoisotopic (exact) mass is 321 g/mol. The van der Waals surface area contributed by atoms with E-state index in [1.54, 1.807) is 23.3 Å². The van der Waals surface area contributed by atoms with Gasteiger partial charge in [-0.25, -0.2) is 0 Å². The van der Waals surface area contributed by atoms with Crippen LogP contribution in [0.4, 0.5) is 0 Å². The number of hydrogen-bond donors (Lipinski definition) is 1. The van der Waals surface area contributed by atoms with E-state index in [9.17, 15) is 4.79 Å². The lowest BCUT2D eigenvalue weighted by atomic mass is 10.1. The van der Waals surface area contributed by atoms with Crippen LogP contribution in [0.1, 0.15) is 27.3 Å². The first-order chi connectivity index (χ1) is 11.6. The van der Waals surface area contributed by atoms with Crippen molar-refractivity contribution in [3.63, 3.8) is 0 Å². The van der Waals surface area contributed by atoms with Crippen LogP contribution in [0, 0.1) is 13.8 Å². The molecule has 0 radical (unpaired) electrons. The normalized spacial score (nSPS) is 10.6. The first-order valence-corrected chi connectivity index (χ1v) is 7.70. The van der Waals surface area contributed by atoms with E-state index in [0.29, 0.717) is 12.1 Å². The number of rotatable bonds is 4. The van der Waals surface area contributed by atoms with Gasteiger partial charge in [0, 0.05) is 43.4 Å². The molecule has 0 atom stereocenters. The summed E-state index contributed by atoms with van der Waals surface area (Å²) >= 11 is 0. The summed E-state index contributed by atoms with van der Waals surface area (Å²) in [6, 6.07) is 7.64. The summed E-state index contributed by atoms with van der Waals surface area (Å²) in [5.74, 6) is -0.123. The molecule has 0 saturated carbocycles. The first kappa shape index (κ1) is 15.9. The van der Waals surface area contributed by atoms with Gasteiger partial charge in [-0.3, -0.25) is 19.4 Å². The van der Waals surface area contributed by atoms with Gasteiger partial charge in [0.05, 0.1) is 17.0 Å². The summed E-state index contributed by atoms with van der Waals surface area (Å²) in [5, 5.41) is 7.26. The maximum atomic E-state index is 12.5. The van der Waals surface area contributed by atoms with Gasteiger partial charge in [-0.15, -0.1) is 0 Å². The van der Waals surface area contributed by atoms with Crippen molar-refractivity contribution in [2.24, 2.45) is 7.05 Å². The van der Waals surface area contributed by atoms with Crippen molar-refractivity contribution in [3.8, 4) is 11.3 Å². The molecule has 0 aromatic carbocycles. The van der Waals surface area contributed by atoms with Crippen molar-refractivity contribution in [1.29, 1.82) is 0 Å². The first-order valence-electron chi connectivity index (χ1n) is 7.70. The lowest BCUT2D eigenvalue weighted by Crippen LogP contribution is -2.24. The highest BCUT2D eigenvalue weighted by Gasteiger charge is 2.17. The SMILES string of the molecule is Cc1nn(C)c(C)c1C(=O)NCc1cccnc1-c1ccncc1. The van der Waals surface area contributed by atoms with Crippen LogP contribution in [0.25, 0.3) is 11.3 Å². The minimum Gasteiger partial charge on any atom is -0.348 e. The smallest absolute Gasteiger partial charge is 0.255 e. The molecule has 0 spiro atoms. The standard InChI is InChI=1S/C18H19N5O/c1-12-16(13(2)23(3)22-12)18(24)21-11-15-5-4-8-20-17(15)14-6-9-19-10-7-14/h4-10H,11H2,1-3H3,(H,21,24). The Balaban J connectivity index is 1.82. The molecule has 0 aliphatic carbocycles. The fourth-order valence-corrected chi connectivity index (χ4v) is 2.72.